The van der Waals surface area contributed by atoms with Gasteiger partial charge in [-0.2, -0.15) is 5.26 Å². The van der Waals surface area contributed by atoms with Gasteiger partial charge in [0.15, 0.2) is 0 Å². The minimum Gasteiger partial charge on any atom is -0.321 e. The molecule has 0 aliphatic carbocycles. The maximum absolute atomic E-state index is 8.80. The summed E-state index contributed by atoms with van der Waals surface area (Å²) in [6.45, 7) is 1.59. The molecule has 1 aromatic carbocycles. The number of nitrogens with zero attached hydrogens (tertiary/aromatic N) is 4. The van der Waals surface area contributed by atoms with Crippen LogP contribution in [0.2, 0.25) is 0 Å². The zero-order valence-corrected chi connectivity index (χ0v) is 10.3. The van der Waals surface area contributed by atoms with Crippen LogP contribution in [0.25, 0.3) is 0 Å². The third kappa shape index (κ3) is 3.15. The van der Waals surface area contributed by atoms with Crippen LogP contribution < -0.4 is 5.32 Å². The van der Waals surface area contributed by atoms with Crippen LogP contribution in [0.1, 0.15) is 17.0 Å². The predicted octanol–water partition coefficient (Wildman–Crippen LogP) is 1.02. The van der Waals surface area contributed by atoms with Gasteiger partial charge in [-0.15, -0.1) is 10.2 Å². The summed E-state index contributed by atoms with van der Waals surface area (Å²) < 4.78 is 1.91. The fraction of sp³-hybridized carbons (Fsp3) is 0.308. The molecule has 0 radical (unpaired) electrons. The molecule has 92 valence electrons. The van der Waals surface area contributed by atoms with Crippen molar-refractivity contribution in [2.75, 3.05) is 6.54 Å². The van der Waals surface area contributed by atoms with E-state index >= 15 is 0 Å². The quantitative estimate of drug-likeness (QED) is 0.794. The Morgan fingerprint density at radius 1 is 1.44 bits per heavy atom. The molecule has 5 nitrogen and oxygen atoms in total. The van der Waals surface area contributed by atoms with Gasteiger partial charge in [0.25, 0.3) is 0 Å². The van der Waals surface area contributed by atoms with Gasteiger partial charge in [-0.3, -0.25) is 0 Å². The van der Waals surface area contributed by atoms with E-state index < -0.39 is 0 Å². The molecule has 0 spiro atoms. The molecular weight excluding hydrogens is 226 g/mol. The Balaban J connectivity index is 1.79. The molecule has 5 heteroatoms. The van der Waals surface area contributed by atoms with E-state index in [1.54, 1.807) is 6.33 Å². The van der Waals surface area contributed by atoms with Gasteiger partial charge < -0.3 is 9.88 Å². The molecule has 0 saturated heterocycles. The van der Waals surface area contributed by atoms with Gasteiger partial charge in [0, 0.05) is 26.6 Å². The van der Waals surface area contributed by atoms with Gasteiger partial charge in [-0.25, -0.2) is 0 Å². The van der Waals surface area contributed by atoms with E-state index in [0.717, 1.165) is 30.9 Å². The van der Waals surface area contributed by atoms with Crippen LogP contribution in [0.4, 0.5) is 0 Å². The highest BCUT2D eigenvalue weighted by molar-refractivity contribution is 5.32. The first-order chi connectivity index (χ1) is 8.79. The van der Waals surface area contributed by atoms with Gasteiger partial charge >= 0.3 is 0 Å². The summed E-state index contributed by atoms with van der Waals surface area (Å²) in [5, 5.41) is 20.0. The molecule has 1 heterocycles. The molecule has 1 N–H and O–H groups in total. The van der Waals surface area contributed by atoms with Crippen molar-refractivity contribution in [3.8, 4) is 6.07 Å². The van der Waals surface area contributed by atoms with E-state index in [4.69, 9.17) is 5.26 Å². The highest BCUT2D eigenvalue weighted by Gasteiger charge is 2.00. The van der Waals surface area contributed by atoms with Gasteiger partial charge in [-0.1, -0.05) is 12.1 Å². The number of hydrogen-bond donors (Lipinski definition) is 1. The molecule has 0 fully saturated rings. The molecule has 2 aromatic rings. The third-order valence-electron chi connectivity index (χ3n) is 2.72. The molecule has 0 aliphatic rings. The summed E-state index contributed by atoms with van der Waals surface area (Å²) in [4.78, 5) is 0. The van der Waals surface area contributed by atoms with Crippen LogP contribution in [0.15, 0.2) is 30.6 Å². The Kier molecular flexibility index (Phi) is 4.05. The van der Waals surface area contributed by atoms with Gasteiger partial charge in [0.1, 0.15) is 12.2 Å². The zero-order chi connectivity index (χ0) is 12.8. The number of aryl methyl sites for hydroxylation is 1. The van der Waals surface area contributed by atoms with Crippen molar-refractivity contribution < 1.29 is 0 Å². The number of aromatic nitrogens is 3. The maximum Gasteiger partial charge on any atom is 0.133 e. The second kappa shape index (κ2) is 5.94. The second-order valence-corrected chi connectivity index (χ2v) is 4.10. The maximum atomic E-state index is 8.80. The number of hydrogen-bond acceptors (Lipinski definition) is 4. The van der Waals surface area contributed by atoms with E-state index in [2.05, 4.69) is 21.6 Å². The molecule has 2 rings (SSSR count). The minimum atomic E-state index is 0.697. The Labute approximate surface area is 106 Å². The highest BCUT2D eigenvalue weighted by Crippen LogP contribution is 2.03. The lowest BCUT2D eigenvalue weighted by Crippen LogP contribution is -2.18. The Hall–Kier alpha value is -2.19. The first-order valence-corrected chi connectivity index (χ1v) is 5.82. The lowest BCUT2D eigenvalue weighted by atomic mass is 10.1. The summed E-state index contributed by atoms with van der Waals surface area (Å²) in [5.41, 5.74) is 1.81. The summed E-state index contributed by atoms with van der Waals surface area (Å²) in [6.07, 6.45) is 2.54. The van der Waals surface area contributed by atoms with E-state index in [0.29, 0.717) is 5.56 Å². The van der Waals surface area contributed by atoms with E-state index in [1.165, 1.54) is 0 Å². The summed E-state index contributed by atoms with van der Waals surface area (Å²) in [5.74, 6) is 0.966. The van der Waals surface area contributed by atoms with Crippen molar-refractivity contribution in [3.63, 3.8) is 0 Å². The van der Waals surface area contributed by atoms with Crippen molar-refractivity contribution in [1.82, 2.24) is 20.1 Å². The number of nitriles is 1. The number of rotatable bonds is 5. The van der Waals surface area contributed by atoms with Crippen LogP contribution >= 0.6 is 0 Å². The summed E-state index contributed by atoms with van der Waals surface area (Å²) >= 11 is 0. The smallest absolute Gasteiger partial charge is 0.133 e. The normalized spacial score (nSPS) is 10.2. The topological polar surface area (TPSA) is 66.5 Å². The van der Waals surface area contributed by atoms with Gasteiger partial charge in [0.05, 0.1) is 11.6 Å². The standard InChI is InChI=1S/C13H15N5/c1-18-10-16-17-13(18)5-6-15-9-12-4-2-3-11(7-12)8-14/h2-4,7,10,15H,5-6,9H2,1H3. The van der Waals surface area contributed by atoms with Crippen molar-refractivity contribution in [1.29, 1.82) is 5.26 Å². The fourth-order valence-corrected chi connectivity index (χ4v) is 1.72. The molecule has 18 heavy (non-hydrogen) atoms. The first-order valence-electron chi connectivity index (χ1n) is 5.82. The van der Waals surface area contributed by atoms with Gasteiger partial charge in [0.2, 0.25) is 0 Å². The SMILES string of the molecule is Cn1cnnc1CCNCc1cccc(C#N)c1. The number of benzene rings is 1. The minimum absolute atomic E-state index is 0.697. The van der Waals surface area contributed by atoms with Crippen LogP contribution in [-0.2, 0) is 20.0 Å². The van der Waals surface area contributed by atoms with Gasteiger partial charge in [-0.05, 0) is 17.7 Å². The monoisotopic (exact) mass is 241 g/mol. The molecule has 0 saturated carbocycles. The Bertz CT molecular complexity index is 553. The average molecular weight is 241 g/mol. The lowest BCUT2D eigenvalue weighted by Gasteiger charge is -2.05. The Morgan fingerprint density at radius 3 is 3.06 bits per heavy atom. The molecule has 0 unspecified atom stereocenters. The van der Waals surface area contributed by atoms with Crippen LogP contribution in [0.3, 0.4) is 0 Å². The van der Waals surface area contributed by atoms with E-state index in [9.17, 15) is 0 Å². The van der Waals surface area contributed by atoms with Crippen molar-refractivity contribution in [2.45, 2.75) is 13.0 Å². The number of nitrogens with one attached hydrogen (secondary N) is 1. The zero-order valence-electron chi connectivity index (χ0n) is 10.3. The summed E-state index contributed by atoms with van der Waals surface area (Å²) in [7, 11) is 1.94. The highest BCUT2D eigenvalue weighted by atomic mass is 15.2. The van der Waals surface area contributed by atoms with E-state index in [-0.39, 0.29) is 0 Å². The van der Waals surface area contributed by atoms with Crippen LogP contribution in [-0.4, -0.2) is 21.3 Å². The molecule has 0 aliphatic heterocycles. The molecule has 0 amide bonds. The Morgan fingerprint density at radius 2 is 2.33 bits per heavy atom. The van der Waals surface area contributed by atoms with Crippen molar-refractivity contribution >= 4 is 0 Å². The first kappa shape index (κ1) is 12.3. The predicted molar refractivity (Wildman–Crippen MR) is 67.6 cm³/mol. The molecule has 1 aromatic heterocycles. The van der Waals surface area contributed by atoms with Crippen LogP contribution in [0.5, 0.6) is 0 Å². The second-order valence-electron chi connectivity index (χ2n) is 4.10. The van der Waals surface area contributed by atoms with Crippen molar-refractivity contribution in [2.24, 2.45) is 7.05 Å². The lowest BCUT2D eigenvalue weighted by molar-refractivity contribution is 0.654. The molecular formula is C13H15N5. The fourth-order valence-electron chi connectivity index (χ4n) is 1.72. The summed E-state index contributed by atoms with van der Waals surface area (Å²) in [6, 6.07) is 9.76. The van der Waals surface area contributed by atoms with E-state index in [1.807, 2.05) is 35.9 Å². The average Bonchev–Trinajstić information content (AvgIpc) is 2.81. The molecule has 0 bridgehead atoms. The molecule has 0 atom stereocenters. The van der Waals surface area contributed by atoms with Crippen LogP contribution in [0, 0.1) is 11.3 Å². The largest absolute Gasteiger partial charge is 0.321 e. The third-order valence-corrected chi connectivity index (χ3v) is 2.72. The van der Waals surface area contributed by atoms with Crippen molar-refractivity contribution in [3.05, 3.63) is 47.5 Å².